The van der Waals surface area contributed by atoms with Crippen molar-refractivity contribution in [3.63, 3.8) is 0 Å². The SMILES string of the molecule is CC(NC(=O)c1cn(C2CCNCC2)nn1)c1cccc([N+](=O)[O-])c1. The molecule has 1 aliphatic rings. The van der Waals surface area contributed by atoms with Crippen LogP contribution in [0.15, 0.2) is 30.5 Å². The Kier molecular flexibility index (Phi) is 5.03. The van der Waals surface area contributed by atoms with Crippen molar-refractivity contribution >= 4 is 11.6 Å². The monoisotopic (exact) mass is 344 g/mol. The molecule has 25 heavy (non-hydrogen) atoms. The number of nitro groups is 1. The van der Waals surface area contributed by atoms with Crippen molar-refractivity contribution in [3.8, 4) is 0 Å². The maximum absolute atomic E-state index is 12.4. The molecule has 3 rings (SSSR count). The van der Waals surface area contributed by atoms with E-state index in [-0.39, 0.29) is 29.4 Å². The lowest BCUT2D eigenvalue weighted by molar-refractivity contribution is -0.384. The molecule has 1 amide bonds. The van der Waals surface area contributed by atoms with Gasteiger partial charge in [0.15, 0.2) is 5.69 Å². The van der Waals surface area contributed by atoms with Crippen molar-refractivity contribution in [3.05, 3.63) is 51.8 Å². The summed E-state index contributed by atoms with van der Waals surface area (Å²) in [5.41, 5.74) is 0.902. The molecule has 2 N–H and O–H groups in total. The van der Waals surface area contributed by atoms with E-state index in [1.54, 1.807) is 29.9 Å². The summed E-state index contributed by atoms with van der Waals surface area (Å²) in [6, 6.07) is 6.09. The van der Waals surface area contributed by atoms with Crippen LogP contribution >= 0.6 is 0 Å². The second-order valence-corrected chi connectivity index (χ2v) is 6.11. The van der Waals surface area contributed by atoms with Crippen molar-refractivity contribution < 1.29 is 9.72 Å². The third-order valence-electron chi connectivity index (χ3n) is 4.35. The van der Waals surface area contributed by atoms with E-state index in [1.165, 1.54) is 12.1 Å². The summed E-state index contributed by atoms with van der Waals surface area (Å²) in [5, 5.41) is 25.0. The second-order valence-electron chi connectivity index (χ2n) is 6.11. The van der Waals surface area contributed by atoms with E-state index < -0.39 is 4.92 Å². The van der Waals surface area contributed by atoms with Crippen LogP contribution in [0, 0.1) is 10.1 Å². The molecule has 9 heteroatoms. The van der Waals surface area contributed by atoms with Gasteiger partial charge in [0.25, 0.3) is 11.6 Å². The lowest BCUT2D eigenvalue weighted by Gasteiger charge is -2.22. The number of aromatic nitrogens is 3. The standard InChI is InChI=1S/C16H20N6O3/c1-11(12-3-2-4-14(9-12)22(24)25)18-16(23)15-10-21(20-19-15)13-5-7-17-8-6-13/h2-4,9-11,13,17H,5-8H2,1H3,(H,18,23). The fraction of sp³-hybridized carbons (Fsp3) is 0.438. The Morgan fingerprint density at radius 2 is 2.20 bits per heavy atom. The Morgan fingerprint density at radius 3 is 2.92 bits per heavy atom. The van der Waals surface area contributed by atoms with Gasteiger partial charge >= 0.3 is 0 Å². The number of amides is 1. The number of nitro benzene ring substituents is 1. The maximum Gasteiger partial charge on any atom is 0.273 e. The van der Waals surface area contributed by atoms with Gasteiger partial charge in [-0.05, 0) is 38.4 Å². The molecule has 0 spiro atoms. The van der Waals surface area contributed by atoms with Crippen molar-refractivity contribution in [2.45, 2.75) is 31.8 Å². The smallest absolute Gasteiger partial charge is 0.273 e. The topological polar surface area (TPSA) is 115 Å². The van der Waals surface area contributed by atoms with E-state index in [4.69, 9.17) is 0 Å². The highest BCUT2D eigenvalue weighted by Crippen LogP contribution is 2.20. The van der Waals surface area contributed by atoms with Gasteiger partial charge in [0.1, 0.15) is 0 Å². The average molecular weight is 344 g/mol. The fourth-order valence-electron chi connectivity index (χ4n) is 2.89. The minimum Gasteiger partial charge on any atom is -0.344 e. The molecule has 0 radical (unpaired) electrons. The molecular formula is C16H20N6O3. The molecule has 2 heterocycles. The lowest BCUT2D eigenvalue weighted by Crippen LogP contribution is -2.29. The molecule has 2 aromatic rings. The highest BCUT2D eigenvalue weighted by Gasteiger charge is 2.20. The van der Waals surface area contributed by atoms with E-state index in [2.05, 4.69) is 20.9 Å². The van der Waals surface area contributed by atoms with E-state index >= 15 is 0 Å². The molecule has 0 bridgehead atoms. The van der Waals surface area contributed by atoms with Gasteiger partial charge in [0.2, 0.25) is 0 Å². The zero-order chi connectivity index (χ0) is 17.8. The van der Waals surface area contributed by atoms with Gasteiger partial charge in [-0.2, -0.15) is 0 Å². The van der Waals surface area contributed by atoms with Crippen molar-refractivity contribution in [1.29, 1.82) is 0 Å². The summed E-state index contributed by atoms with van der Waals surface area (Å²) in [4.78, 5) is 22.8. The van der Waals surface area contributed by atoms with Gasteiger partial charge in [-0.15, -0.1) is 5.10 Å². The first kappa shape index (κ1) is 17.0. The first-order valence-corrected chi connectivity index (χ1v) is 8.22. The Morgan fingerprint density at radius 1 is 1.44 bits per heavy atom. The predicted molar refractivity (Wildman–Crippen MR) is 90.1 cm³/mol. The first-order chi connectivity index (χ1) is 12.0. The number of rotatable bonds is 5. The van der Waals surface area contributed by atoms with Gasteiger partial charge in [-0.1, -0.05) is 17.3 Å². The van der Waals surface area contributed by atoms with E-state index in [1.807, 2.05) is 0 Å². The molecule has 1 fully saturated rings. The number of nitrogens with zero attached hydrogens (tertiary/aromatic N) is 4. The number of benzene rings is 1. The minimum absolute atomic E-state index is 0.00421. The maximum atomic E-state index is 12.4. The summed E-state index contributed by atoms with van der Waals surface area (Å²) in [5.74, 6) is -0.348. The summed E-state index contributed by atoms with van der Waals surface area (Å²) in [6.45, 7) is 3.62. The largest absolute Gasteiger partial charge is 0.344 e. The Bertz CT molecular complexity index is 769. The molecule has 1 saturated heterocycles. The number of hydrogen-bond donors (Lipinski definition) is 2. The summed E-state index contributed by atoms with van der Waals surface area (Å²) in [6.07, 6.45) is 3.56. The van der Waals surface area contributed by atoms with E-state index in [0.29, 0.717) is 5.56 Å². The summed E-state index contributed by atoms with van der Waals surface area (Å²) in [7, 11) is 0. The second kappa shape index (κ2) is 7.39. The Labute approximate surface area is 144 Å². The third kappa shape index (κ3) is 4.00. The van der Waals surface area contributed by atoms with E-state index in [9.17, 15) is 14.9 Å². The number of non-ortho nitro benzene ring substituents is 1. The molecule has 1 aromatic heterocycles. The first-order valence-electron chi connectivity index (χ1n) is 8.22. The quantitative estimate of drug-likeness (QED) is 0.629. The van der Waals surface area contributed by atoms with Crippen LogP contribution in [0.25, 0.3) is 0 Å². The van der Waals surface area contributed by atoms with Crippen molar-refractivity contribution in [1.82, 2.24) is 25.6 Å². The molecule has 132 valence electrons. The Balaban J connectivity index is 1.66. The molecule has 0 aliphatic carbocycles. The normalized spacial score (nSPS) is 16.4. The summed E-state index contributed by atoms with van der Waals surface area (Å²) >= 11 is 0. The van der Waals surface area contributed by atoms with Crippen LogP contribution in [-0.4, -0.2) is 38.9 Å². The number of piperidine rings is 1. The number of hydrogen-bond acceptors (Lipinski definition) is 6. The zero-order valence-electron chi connectivity index (χ0n) is 13.9. The molecule has 1 unspecified atom stereocenters. The van der Waals surface area contributed by atoms with Gasteiger partial charge in [-0.25, -0.2) is 4.68 Å². The van der Waals surface area contributed by atoms with Crippen molar-refractivity contribution in [2.75, 3.05) is 13.1 Å². The van der Waals surface area contributed by atoms with Crippen LogP contribution in [0.2, 0.25) is 0 Å². The molecule has 9 nitrogen and oxygen atoms in total. The average Bonchev–Trinajstić information content (AvgIpc) is 3.13. The lowest BCUT2D eigenvalue weighted by atomic mass is 10.1. The van der Waals surface area contributed by atoms with Crippen LogP contribution in [0.3, 0.4) is 0 Å². The van der Waals surface area contributed by atoms with Crippen LogP contribution in [0.5, 0.6) is 0 Å². The molecule has 1 aliphatic heterocycles. The van der Waals surface area contributed by atoms with Crippen molar-refractivity contribution in [2.24, 2.45) is 0 Å². The number of nitrogens with one attached hydrogen (secondary N) is 2. The molecule has 1 aromatic carbocycles. The van der Waals surface area contributed by atoms with Gasteiger partial charge in [0, 0.05) is 12.1 Å². The van der Waals surface area contributed by atoms with Crippen LogP contribution in [0.1, 0.15) is 47.9 Å². The number of carbonyl (C=O) groups is 1. The minimum atomic E-state index is -0.456. The summed E-state index contributed by atoms with van der Waals surface area (Å²) < 4.78 is 1.74. The van der Waals surface area contributed by atoms with Gasteiger partial charge in [-0.3, -0.25) is 14.9 Å². The zero-order valence-corrected chi connectivity index (χ0v) is 13.9. The van der Waals surface area contributed by atoms with Gasteiger partial charge < -0.3 is 10.6 Å². The third-order valence-corrected chi connectivity index (χ3v) is 4.35. The fourth-order valence-corrected chi connectivity index (χ4v) is 2.89. The molecule has 1 atom stereocenters. The molecule has 0 saturated carbocycles. The predicted octanol–water partition coefficient (Wildman–Crippen LogP) is 1.60. The number of carbonyl (C=O) groups excluding carboxylic acids is 1. The van der Waals surface area contributed by atoms with Crippen LogP contribution < -0.4 is 10.6 Å². The van der Waals surface area contributed by atoms with Crippen LogP contribution in [-0.2, 0) is 0 Å². The Hall–Kier alpha value is -2.81. The highest BCUT2D eigenvalue weighted by atomic mass is 16.6. The van der Waals surface area contributed by atoms with Gasteiger partial charge in [0.05, 0.1) is 23.2 Å². The highest BCUT2D eigenvalue weighted by molar-refractivity contribution is 5.92. The van der Waals surface area contributed by atoms with Crippen LogP contribution in [0.4, 0.5) is 5.69 Å². The van der Waals surface area contributed by atoms with E-state index in [0.717, 1.165) is 25.9 Å². The molecular weight excluding hydrogens is 324 g/mol.